The van der Waals surface area contributed by atoms with Crippen molar-refractivity contribution in [2.75, 3.05) is 24.6 Å². The lowest BCUT2D eigenvalue weighted by atomic mass is 9.91. The molecule has 0 atom stereocenters. The average molecular weight is 550 g/mol. The van der Waals surface area contributed by atoms with Gasteiger partial charge in [-0.3, -0.25) is 9.55 Å². The highest BCUT2D eigenvalue weighted by Gasteiger charge is 2.41. The number of nitrogens with two attached hydrogens (primary N) is 1. The van der Waals surface area contributed by atoms with Gasteiger partial charge < -0.3 is 15.4 Å². The van der Waals surface area contributed by atoms with E-state index < -0.39 is 36.2 Å². The quantitative estimate of drug-likeness (QED) is 0.362. The third-order valence-corrected chi connectivity index (χ3v) is 6.59. The molecule has 2 N–H and O–H groups in total. The maximum Gasteiger partial charge on any atom is 0.490 e. The number of nitrogens with zero attached hydrogens (tertiary/aromatic N) is 6. The zero-order valence-electron chi connectivity index (χ0n) is 19.3. The van der Waals surface area contributed by atoms with Gasteiger partial charge in [0.05, 0.1) is 12.7 Å². The Labute approximate surface area is 210 Å². The van der Waals surface area contributed by atoms with Crippen molar-refractivity contribution in [3.8, 4) is 0 Å². The zero-order chi connectivity index (χ0) is 27.0. The molecule has 1 aliphatic rings. The predicted octanol–water partition coefficient (Wildman–Crippen LogP) is 3.81. The van der Waals surface area contributed by atoms with Crippen LogP contribution in [-0.2, 0) is 22.3 Å². The van der Waals surface area contributed by atoms with Crippen molar-refractivity contribution in [1.82, 2.24) is 24.5 Å². The van der Waals surface area contributed by atoms with Crippen molar-refractivity contribution < 1.29 is 35.9 Å². The number of esters is 1. The molecule has 1 saturated heterocycles. The van der Waals surface area contributed by atoms with Gasteiger partial charge in [0.2, 0.25) is 5.95 Å². The first-order valence-corrected chi connectivity index (χ1v) is 11.8. The number of hydrogen-bond acceptors (Lipinski definition) is 9. The predicted molar refractivity (Wildman–Crippen MR) is 120 cm³/mol. The number of alkyl halides is 6. The van der Waals surface area contributed by atoms with Crippen LogP contribution in [0, 0.1) is 0 Å². The lowest BCUT2D eigenvalue weighted by Crippen LogP contribution is -2.48. The molecule has 16 heteroatoms. The third-order valence-electron chi connectivity index (χ3n) is 5.64. The van der Waals surface area contributed by atoms with Crippen LogP contribution >= 0.6 is 11.8 Å². The molecule has 0 aliphatic carbocycles. The number of fused-ring (bicyclic) bond motifs is 1. The zero-order valence-corrected chi connectivity index (χ0v) is 20.1. The van der Waals surface area contributed by atoms with Crippen LogP contribution < -0.4 is 10.6 Å². The average Bonchev–Trinajstić information content (AvgIpc) is 3.15. The molecule has 9 nitrogen and oxygen atoms in total. The fourth-order valence-electron chi connectivity index (χ4n) is 3.70. The summed E-state index contributed by atoms with van der Waals surface area (Å²) >= 11 is 0.701. The van der Waals surface area contributed by atoms with Crippen molar-refractivity contribution in [2.24, 2.45) is 5.73 Å². The third kappa shape index (κ3) is 6.23. The monoisotopic (exact) mass is 549 g/mol. The lowest BCUT2D eigenvalue weighted by molar-refractivity contribution is -0.199. The molecule has 0 spiro atoms. The number of anilines is 1. The van der Waals surface area contributed by atoms with Crippen LogP contribution in [-0.4, -0.2) is 61.9 Å². The molecule has 0 radical (unpaired) electrons. The highest BCUT2D eigenvalue weighted by atomic mass is 32.2. The van der Waals surface area contributed by atoms with Gasteiger partial charge in [-0.15, -0.1) is 0 Å². The Kier molecular flexibility index (Phi) is 7.25. The standard InChI is InChI=1S/C21H21F6N7O2S/c1-19(28)4-7-33(8-5-19)18-32-15-16(34(18)9-10-36-17(35)21(25,26)27)30-11-13(31-15)37-12-3-2-6-29-14(12)20(22,23)24/h2-3,6,11H,4-5,7-10,28H2,1H3. The SMILES string of the molecule is CC1(N)CCN(c2nc3nc(Sc4cccnc4C(F)(F)F)cnc3n2CCOC(=O)C(F)(F)F)CC1. The van der Waals surface area contributed by atoms with E-state index in [4.69, 9.17) is 5.73 Å². The summed E-state index contributed by atoms with van der Waals surface area (Å²) in [6.07, 6.45) is -6.31. The Bertz CT molecular complexity index is 1280. The summed E-state index contributed by atoms with van der Waals surface area (Å²) in [6, 6.07) is 2.61. The van der Waals surface area contributed by atoms with Crippen LogP contribution in [0.3, 0.4) is 0 Å². The lowest BCUT2D eigenvalue weighted by Gasteiger charge is -2.37. The van der Waals surface area contributed by atoms with Gasteiger partial charge in [-0.05, 0) is 31.9 Å². The summed E-state index contributed by atoms with van der Waals surface area (Å²) in [5.41, 5.74) is 4.97. The van der Waals surface area contributed by atoms with Crippen LogP contribution in [0.5, 0.6) is 0 Å². The Morgan fingerprint density at radius 2 is 1.86 bits per heavy atom. The molecule has 0 bridgehead atoms. The number of carbonyl (C=O) groups is 1. The second kappa shape index (κ2) is 9.96. The summed E-state index contributed by atoms with van der Waals surface area (Å²) < 4.78 is 83.3. The number of ether oxygens (including phenoxy) is 1. The van der Waals surface area contributed by atoms with Gasteiger partial charge in [0.25, 0.3) is 0 Å². The number of aromatic nitrogens is 5. The molecule has 4 rings (SSSR count). The Hall–Kier alpha value is -3.14. The van der Waals surface area contributed by atoms with Gasteiger partial charge in [0, 0.05) is 29.7 Å². The molecule has 37 heavy (non-hydrogen) atoms. The molecule has 0 amide bonds. The molecule has 4 heterocycles. The number of imidazole rings is 1. The first-order valence-electron chi connectivity index (χ1n) is 11.0. The minimum atomic E-state index is -5.13. The summed E-state index contributed by atoms with van der Waals surface area (Å²) in [5.74, 6) is -2.00. The fraction of sp³-hybridized carbons (Fsp3) is 0.476. The van der Waals surface area contributed by atoms with E-state index in [2.05, 4.69) is 24.7 Å². The molecule has 200 valence electrons. The Balaban J connectivity index is 1.65. The van der Waals surface area contributed by atoms with E-state index in [9.17, 15) is 31.1 Å². The van der Waals surface area contributed by atoms with Crippen LogP contribution in [0.1, 0.15) is 25.5 Å². The molecule has 0 aromatic carbocycles. The first kappa shape index (κ1) is 26.9. The van der Waals surface area contributed by atoms with Crippen molar-refractivity contribution in [3.05, 3.63) is 30.2 Å². The second-order valence-corrected chi connectivity index (χ2v) is 9.71. The van der Waals surface area contributed by atoms with Crippen LogP contribution in [0.4, 0.5) is 32.3 Å². The van der Waals surface area contributed by atoms with Gasteiger partial charge in [0.1, 0.15) is 11.6 Å². The van der Waals surface area contributed by atoms with Gasteiger partial charge >= 0.3 is 18.3 Å². The second-order valence-electron chi connectivity index (χ2n) is 8.64. The molecular weight excluding hydrogens is 528 g/mol. The van der Waals surface area contributed by atoms with Crippen molar-refractivity contribution >= 4 is 35.0 Å². The number of pyridine rings is 1. The van der Waals surface area contributed by atoms with E-state index >= 15 is 0 Å². The summed E-state index contributed by atoms with van der Waals surface area (Å²) in [6.45, 7) is 2.08. The van der Waals surface area contributed by atoms with E-state index in [1.54, 1.807) is 0 Å². The summed E-state index contributed by atoms with van der Waals surface area (Å²) in [4.78, 5) is 29.3. The van der Waals surface area contributed by atoms with Gasteiger partial charge in [-0.1, -0.05) is 11.8 Å². The largest absolute Gasteiger partial charge is 0.490 e. The van der Waals surface area contributed by atoms with Gasteiger partial charge in [-0.25, -0.2) is 14.8 Å². The van der Waals surface area contributed by atoms with E-state index in [-0.39, 0.29) is 27.8 Å². The number of halogens is 6. The molecule has 1 fully saturated rings. The minimum Gasteiger partial charge on any atom is -0.457 e. The molecule has 3 aromatic heterocycles. The van der Waals surface area contributed by atoms with Crippen molar-refractivity contribution in [2.45, 2.75) is 54.1 Å². The molecule has 1 aliphatic heterocycles. The van der Waals surface area contributed by atoms with Gasteiger partial charge in [0.15, 0.2) is 17.0 Å². The fourth-order valence-corrected chi connectivity index (χ4v) is 4.57. The van der Waals surface area contributed by atoms with Crippen LogP contribution in [0.2, 0.25) is 0 Å². The van der Waals surface area contributed by atoms with E-state index in [1.165, 1.54) is 22.9 Å². The number of hydrogen-bond donors (Lipinski definition) is 1. The molecule has 3 aromatic rings. The smallest absolute Gasteiger partial charge is 0.457 e. The minimum absolute atomic E-state index is 0.0701. The first-order chi connectivity index (χ1) is 17.2. The molecule has 0 saturated carbocycles. The highest BCUT2D eigenvalue weighted by Crippen LogP contribution is 2.38. The normalized spacial score (nSPS) is 16.3. The van der Waals surface area contributed by atoms with E-state index in [0.717, 1.165) is 6.20 Å². The van der Waals surface area contributed by atoms with Crippen LogP contribution in [0.25, 0.3) is 11.3 Å². The van der Waals surface area contributed by atoms with Crippen molar-refractivity contribution in [1.29, 1.82) is 0 Å². The Morgan fingerprint density at radius 1 is 1.16 bits per heavy atom. The number of rotatable bonds is 6. The highest BCUT2D eigenvalue weighted by molar-refractivity contribution is 7.99. The van der Waals surface area contributed by atoms with Crippen molar-refractivity contribution in [3.63, 3.8) is 0 Å². The maximum atomic E-state index is 13.3. The molecule has 0 unspecified atom stereocenters. The number of carbonyl (C=O) groups excluding carboxylic acids is 1. The van der Waals surface area contributed by atoms with E-state index in [0.29, 0.717) is 43.6 Å². The number of piperidine rings is 1. The molecular formula is C21H21F6N7O2S. The summed E-state index contributed by atoms with van der Waals surface area (Å²) in [5, 5.41) is 0.110. The topological polar surface area (TPSA) is 112 Å². The van der Waals surface area contributed by atoms with Gasteiger partial charge in [-0.2, -0.15) is 31.3 Å². The summed E-state index contributed by atoms with van der Waals surface area (Å²) in [7, 11) is 0. The maximum absolute atomic E-state index is 13.3. The Morgan fingerprint density at radius 3 is 2.51 bits per heavy atom. The van der Waals surface area contributed by atoms with E-state index in [1.807, 2.05) is 11.8 Å². The van der Waals surface area contributed by atoms with Crippen LogP contribution in [0.15, 0.2) is 34.4 Å².